The number of carbonyl (C=O) groups excluding carboxylic acids is 1. The van der Waals surface area contributed by atoms with Crippen LogP contribution in [0.3, 0.4) is 0 Å². The van der Waals surface area contributed by atoms with E-state index in [-0.39, 0.29) is 24.4 Å². The molecule has 22 heavy (non-hydrogen) atoms. The van der Waals surface area contributed by atoms with Crippen molar-refractivity contribution >= 4 is 51.3 Å². The van der Waals surface area contributed by atoms with Gasteiger partial charge in [0.1, 0.15) is 4.88 Å². The number of nitrogens with zero attached hydrogens (tertiary/aromatic N) is 1. The summed E-state index contributed by atoms with van der Waals surface area (Å²) >= 11 is 7.87. The van der Waals surface area contributed by atoms with Gasteiger partial charge in [0.15, 0.2) is 0 Å². The maximum atomic E-state index is 12.6. The Morgan fingerprint density at radius 1 is 1.27 bits per heavy atom. The van der Waals surface area contributed by atoms with Gasteiger partial charge in [-0.1, -0.05) is 29.8 Å². The van der Waals surface area contributed by atoms with E-state index >= 15 is 0 Å². The molecule has 5 rings (SSSR count). The van der Waals surface area contributed by atoms with Crippen LogP contribution in [0.2, 0.25) is 5.02 Å². The quantitative estimate of drug-likeness (QED) is 0.887. The van der Waals surface area contributed by atoms with E-state index in [4.69, 9.17) is 11.6 Å². The summed E-state index contributed by atoms with van der Waals surface area (Å²) < 4.78 is 1.07. The molecule has 4 heterocycles. The van der Waals surface area contributed by atoms with Crippen molar-refractivity contribution in [1.29, 1.82) is 0 Å². The van der Waals surface area contributed by atoms with Crippen LogP contribution in [0.4, 0.5) is 0 Å². The molecule has 3 nitrogen and oxygen atoms in total. The second-order valence-corrected chi connectivity index (χ2v) is 7.39. The van der Waals surface area contributed by atoms with Crippen molar-refractivity contribution in [1.82, 2.24) is 10.2 Å². The molecule has 0 aliphatic carbocycles. The van der Waals surface area contributed by atoms with Crippen molar-refractivity contribution < 1.29 is 4.79 Å². The number of benzene rings is 1. The standard InChI is InChI=1S/C16H17ClN2OS.ClH/c17-14-11-3-1-2-4-13(11)21-15(14)16(20)18-12-9-19-7-5-10(12)6-8-19;/h1-4,10,12H,5-9H2,(H,18,20);1H. The number of thiophene rings is 1. The van der Waals surface area contributed by atoms with Gasteiger partial charge in [0.25, 0.3) is 5.91 Å². The summed E-state index contributed by atoms with van der Waals surface area (Å²) in [6, 6.07) is 8.19. The van der Waals surface area contributed by atoms with Crippen molar-refractivity contribution in [3.05, 3.63) is 34.2 Å². The molecule has 1 atom stereocenters. The second-order valence-electron chi connectivity index (χ2n) is 5.96. The minimum atomic E-state index is -0.0139. The molecular weight excluding hydrogens is 339 g/mol. The number of fused-ring (bicyclic) bond motifs is 4. The van der Waals surface area contributed by atoms with Crippen LogP contribution >= 0.6 is 35.3 Å². The zero-order chi connectivity index (χ0) is 14.4. The highest BCUT2D eigenvalue weighted by Gasteiger charge is 2.35. The topological polar surface area (TPSA) is 32.3 Å². The minimum Gasteiger partial charge on any atom is -0.347 e. The van der Waals surface area contributed by atoms with Gasteiger partial charge >= 0.3 is 0 Å². The largest absolute Gasteiger partial charge is 0.347 e. The number of amides is 1. The highest BCUT2D eigenvalue weighted by molar-refractivity contribution is 7.21. The van der Waals surface area contributed by atoms with Gasteiger partial charge in [-0.3, -0.25) is 4.79 Å². The fourth-order valence-corrected chi connectivity index (χ4v) is 4.94. The van der Waals surface area contributed by atoms with Gasteiger partial charge in [0, 0.05) is 22.7 Å². The molecule has 3 aliphatic heterocycles. The monoisotopic (exact) mass is 356 g/mol. The number of piperidine rings is 3. The Bertz CT molecular complexity index is 695. The summed E-state index contributed by atoms with van der Waals surface area (Å²) in [6.07, 6.45) is 2.40. The lowest BCUT2D eigenvalue weighted by atomic mass is 9.84. The van der Waals surface area contributed by atoms with Crippen LogP contribution in [0.15, 0.2) is 24.3 Å². The average molecular weight is 357 g/mol. The van der Waals surface area contributed by atoms with Crippen LogP contribution in [-0.2, 0) is 0 Å². The Hall–Kier alpha value is -0.810. The third-order valence-corrected chi connectivity index (χ3v) is 6.39. The fraction of sp³-hybridized carbons (Fsp3) is 0.438. The highest BCUT2D eigenvalue weighted by Crippen LogP contribution is 2.35. The Balaban J connectivity index is 0.00000144. The predicted molar refractivity (Wildman–Crippen MR) is 94.5 cm³/mol. The first kappa shape index (κ1) is 16.1. The molecule has 0 spiro atoms. The van der Waals surface area contributed by atoms with E-state index in [2.05, 4.69) is 10.2 Å². The number of carbonyl (C=O) groups is 1. The predicted octanol–water partition coefficient (Wildman–Crippen LogP) is 3.80. The maximum absolute atomic E-state index is 12.6. The van der Waals surface area contributed by atoms with Crippen LogP contribution in [-0.4, -0.2) is 36.5 Å². The van der Waals surface area contributed by atoms with Gasteiger partial charge in [-0.25, -0.2) is 0 Å². The molecule has 6 heteroatoms. The summed E-state index contributed by atoms with van der Waals surface area (Å²) in [5.74, 6) is 0.618. The Morgan fingerprint density at radius 2 is 2.00 bits per heavy atom. The first-order valence-corrected chi connectivity index (χ1v) is 8.62. The first-order valence-electron chi connectivity index (χ1n) is 7.42. The van der Waals surface area contributed by atoms with E-state index in [1.807, 2.05) is 24.3 Å². The lowest BCUT2D eigenvalue weighted by molar-refractivity contribution is 0.0623. The SMILES string of the molecule is Cl.O=C(NC1CN2CCC1CC2)c1sc2ccccc2c1Cl. The zero-order valence-corrected chi connectivity index (χ0v) is 14.4. The van der Waals surface area contributed by atoms with E-state index in [0.29, 0.717) is 15.8 Å². The van der Waals surface area contributed by atoms with Gasteiger partial charge in [0.2, 0.25) is 0 Å². The summed E-state index contributed by atoms with van der Waals surface area (Å²) in [6.45, 7) is 3.35. The van der Waals surface area contributed by atoms with Crippen LogP contribution in [0.5, 0.6) is 0 Å². The van der Waals surface area contributed by atoms with Gasteiger partial charge in [-0.05, 0) is 37.9 Å². The molecule has 1 amide bonds. The molecule has 1 aromatic heterocycles. The number of halogens is 2. The number of hydrogen-bond donors (Lipinski definition) is 1. The third kappa shape index (κ3) is 2.73. The molecule has 1 unspecified atom stereocenters. The molecule has 3 fully saturated rings. The molecule has 1 aromatic carbocycles. The lowest BCUT2D eigenvalue weighted by Gasteiger charge is -2.44. The van der Waals surface area contributed by atoms with Crippen LogP contribution in [0.25, 0.3) is 10.1 Å². The van der Waals surface area contributed by atoms with Crippen LogP contribution < -0.4 is 5.32 Å². The van der Waals surface area contributed by atoms with Crippen molar-refractivity contribution in [2.45, 2.75) is 18.9 Å². The van der Waals surface area contributed by atoms with E-state index in [1.54, 1.807) is 0 Å². The van der Waals surface area contributed by atoms with Crippen molar-refractivity contribution in [2.75, 3.05) is 19.6 Å². The Morgan fingerprint density at radius 3 is 2.64 bits per heavy atom. The van der Waals surface area contributed by atoms with Gasteiger partial charge in [0.05, 0.1) is 5.02 Å². The van der Waals surface area contributed by atoms with Gasteiger partial charge in [-0.15, -0.1) is 23.7 Å². The molecule has 2 bridgehead atoms. The summed E-state index contributed by atoms with van der Waals surface area (Å²) in [7, 11) is 0. The third-order valence-electron chi connectivity index (χ3n) is 4.71. The van der Waals surface area contributed by atoms with Crippen molar-refractivity contribution in [3.63, 3.8) is 0 Å². The molecule has 3 saturated heterocycles. The fourth-order valence-electron chi connectivity index (χ4n) is 3.52. The molecule has 3 aliphatic rings. The van der Waals surface area contributed by atoms with Crippen molar-refractivity contribution in [2.24, 2.45) is 5.92 Å². The molecule has 1 N–H and O–H groups in total. The maximum Gasteiger partial charge on any atom is 0.263 e. The first-order chi connectivity index (χ1) is 10.2. The normalized spacial score (nSPS) is 26.7. The molecule has 2 aromatic rings. The second kappa shape index (κ2) is 6.36. The van der Waals surface area contributed by atoms with Crippen LogP contribution in [0, 0.1) is 5.92 Å². The average Bonchev–Trinajstić information content (AvgIpc) is 2.86. The Labute approximate surface area is 145 Å². The highest BCUT2D eigenvalue weighted by atomic mass is 35.5. The zero-order valence-electron chi connectivity index (χ0n) is 12.0. The summed E-state index contributed by atoms with van der Waals surface area (Å²) in [5, 5.41) is 4.78. The lowest BCUT2D eigenvalue weighted by Crippen LogP contribution is -2.57. The number of rotatable bonds is 2. The van der Waals surface area contributed by atoms with Crippen molar-refractivity contribution in [3.8, 4) is 0 Å². The van der Waals surface area contributed by atoms with E-state index < -0.39 is 0 Å². The number of hydrogen-bond acceptors (Lipinski definition) is 3. The van der Waals surface area contributed by atoms with Crippen LogP contribution in [0.1, 0.15) is 22.5 Å². The summed E-state index contributed by atoms with van der Waals surface area (Å²) in [4.78, 5) is 15.7. The van der Waals surface area contributed by atoms with Gasteiger partial charge < -0.3 is 10.2 Å². The minimum absolute atomic E-state index is 0. The molecule has 0 radical (unpaired) electrons. The van der Waals surface area contributed by atoms with Gasteiger partial charge in [-0.2, -0.15) is 0 Å². The number of nitrogens with one attached hydrogen (secondary N) is 1. The van der Waals surface area contributed by atoms with E-state index in [9.17, 15) is 4.79 Å². The van der Waals surface area contributed by atoms with E-state index in [0.717, 1.165) is 16.6 Å². The van der Waals surface area contributed by atoms with E-state index in [1.165, 1.54) is 37.3 Å². The molecule has 118 valence electrons. The molecular formula is C16H18Cl2N2OS. The molecule has 0 saturated carbocycles. The Kier molecular flexibility index (Phi) is 4.64. The summed E-state index contributed by atoms with van der Waals surface area (Å²) in [5.41, 5.74) is 0. The smallest absolute Gasteiger partial charge is 0.263 e.